The fourth-order valence-electron chi connectivity index (χ4n) is 1.56. The minimum atomic E-state index is -0.678. The summed E-state index contributed by atoms with van der Waals surface area (Å²) in [6, 6.07) is 7.43. The molecule has 7 heteroatoms. The number of hydrogen-bond donors (Lipinski definition) is 1. The highest BCUT2D eigenvalue weighted by atomic mass is 125. The Morgan fingerprint density at radius 3 is 2.53 bits per heavy atom. The molecule has 1 aromatic rings. The lowest BCUT2D eigenvalue weighted by Gasteiger charge is -2.13. The summed E-state index contributed by atoms with van der Waals surface area (Å²) in [5.74, 6) is -1.64. The smallest absolute Gasteiger partial charge is 0.352 e. The van der Waals surface area contributed by atoms with Crippen molar-refractivity contribution >= 4 is 46.1 Å². The van der Waals surface area contributed by atoms with Crippen LogP contribution in [-0.4, -0.2) is 29.4 Å². The molecule has 6 nitrogen and oxygen atoms in total. The largest absolute Gasteiger partial charge is 0.374 e. The maximum Gasteiger partial charge on any atom is 0.352 e. The number of imide groups is 1. The van der Waals surface area contributed by atoms with E-state index in [1.54, 1.807) is 0 Å². The maximum absolute atomic E-state index is 11.5. The molecule has 0 saturated carbocycles. The maximum atomic E-state index is 11.5. The van der Waals surface area contributed by atoms with Gasteiger partial charge < -0.3 is 10.2 Å². The molecular weight excluding hydrogens is 361 g/mol. The number of anilines is 1. The van der Waals surface area contributed by atoms with Gasteiger partial charge in [-0.05, 0) is 34.7 Å². The van der Waals surface area contributed by atoms with Crippen LogP contribution in [0.2, 0.25) is 0 Å². The van der Waals surface area contributed by atoms with Crippen molar-refractivity contribution in [3.05, 3.63) is 27.8 Å². The molecule has 2 rings (SSSR count). The summed E-state index contributed by atoms with van der Waals surface area (Å²) >= 11 is 2.13. The lowest BCUT2D eigenvalue weighted by molar-refractivity contribution is -0.196. The Bertz CT molecular complexity index is 516. The third kappa shape index (κ3) is 3.43. The molecule has 0 aromatic heterocycles. The molecule has 1 fully saturated rings. The lowest BCUT2D eigenvalue weighted by Crippen LogP contribution is -2.34. The molecule has 100 valence electrons. The molecule has 0 aliphatic carbocycles. The van der Waals surface area contributed by atoms with E-state index < -0.39 is 17.8 Å². The first kappa shape index (κ1) is 13.8. The summed E-state index contributed by atoms with van der Waals surface area (Å²) in [5, 5.41) is 3.43. The Hall–Kier alpha value is -1.64. The van der Waals surface area contributed by atoms with Gasteiger partial charge in [0.25, 0.3) is 11.8 Å². The summed E-state index contributed by atoms with van der Waals surface area (Å²) in [6.45, 7) is -0.114. The van der Waals surface area contributed by atoms with Crippen LogP contribution in [0.5, 0.6) is 0 Å². The van der Waals surface area contributed by atoms with Gasteiger partial charge in [-0.15, -0.1) is 5.06 Å². The summed E-state index contributed by atoms with van der Waals surface area (Å²) in [7, 11) is 0. The van der Waals surface area contributed by atoms with E-state index in [2.05, 4.69) is 27.9 Å². The van der Waals surface area contributed by atoms with E-state index in [9.17, 15) is 14.4 Å². The summed E-state index contributed by atoms with van der Waals surface area (Å²) in [4.78, 5) is 38.8. The third-order valence-electron chi connectivity index (χ3n) is 2.50. The predicted molar refractivity (Wildman–Crippen MR) is 74.8 cm³/mol. The van der Waals surface area contributed by atoms with E-state index in [1.807, 2.05) is 24.3 Å². The second-order valence-electron chi connectivity index (χ2n) is 3.88. The topological polar surface area (TPSA) is 75.7 Å². The molecule has 1 aliphatic heterocycles. The molecule has 1 saturated heterocycles. The van der Waals surface area contributed by atoms with E-state index >= 15 is 0 Å². The molecule has 1 N–H and O–H groups in total. The highest BCUT2D eigenvalue weighted by Crippen LogP contribution is 2.17. The lowest BCUT2D eigenvalue weighted by atomic mass is 10.3. The molecular formula is C12H11IN2O4. The second-order valence-corrected chi connectivity index (χ2v) is 5.04. The Morgan fingerprint density at radius 2 is 1.89 bits per heavy atom. The van der Waals surface area contributed by atoms with Crippen molar-refractivity contribution in [2.24, 2.45) is 0 Å². The normalized spacial score (nSPS) is 14.7. The predicted octanol–water partition coefficient (Wildman–Crippen LogP) is 1.31. The molecule has 0 atom stereocenters. The van der Waals surface area contributed by atoms with Gasteiger partial charge in [-0.3, -0.25) is 9.59 Å². The number of para-hydroxylation sites is 1. The van der Waals surface area contributed by atoms with Gasteiger partial charge in [-0.1, -0.05) is 12.1 Å². The fourth-order valence-corrected chi connectivity index (χ4v) is 2.14. The molecule has 2 amide bonds. The SMILES string of the molecule is O=C(CNc1ccccc1[125I])ON1C(=O)CCC1=O. The van der Waals surface area contributed by atoms with Crippen molar-refractivity contribution in [1.82, 2.24) is 5.06 Å². The van der Waals surface area contributed by atoms with Gasteiger partial charge in [0.15, 0.2) is 0 Å². The zero-order valence-electron chi connectivity index (χ0n) is 9.89. The average molecular weight is 372 g/mol. The Balaban J connectivity index is 1.87. The number of nitrogens with one attached hydrogen (secondary N) is 1. The molecule has 0 unspecified atom stereocenters. The van der Waals surface area contributed by atoms with Gasteiger partial charge in [0.1, 0.15) is 6.54 Å². The number of hydrogen-bond acceptors (Lipinski definition) is 5. The van der Waals surface area contributed by atoms with E-state index in [0.29, 0.717) is 5.06 Å². The van der Waals surface area contributed by atoms with Crippen LogP contribution in [0.15, 0.2) is 24.3 Å². The van der Waals surface area contributed by atoms with Crippen molar-refractivity contribution in [2.45, 2.75) is 12.8 Å². The molecule has 0 spiro atoms. The molecule has 0 radical (unpaired) electrons. The Labute approximate surface area is 123 Å². The van der Waals surface area contributed by atoms with Gasteiger partial charge in [0.05, 0.1) is 0 Å². The van der Waals surface area contributed by atoms with Gasteiger partial charge >= 0.3 is 5.97 Å². The van der Waals surface area contributed by atoms with Gasteiger partial charge in [-0.25, -0.2) is 4.79 Å². The number of hydroxylamine groups is 2. The van der Waals surface area contributed by atoms with Crippen LogP contribution in [-0.2, 0) is 19.2 Å². The van der Waals surface area contributed by atoms with E-state index in [0.717, 1.165) is 9.26 Å². The summed E-state index contributed by atoms with van der Waals surface area (Å²) in [6.07, 6.45) is 0.187. The van der Waals surface area contributed by atoms with Crippen LogP contribution in [0.25, 0.3) is 0 Å². The highest BCUT2D eigenvalue weighted by Gasteiger charge is 2.32. The number of carbonyl (C=O) groups excluding carboxylic acids is 3. The van der Waals surface area contributed by atoms with Crippen LogP contribution in [0.1, 0.15) is 12.8 Å². The van der Waals surface area contributed by atoms with E-state index in [-0.39, 0.29) is 19.4 Å². The van der Waals surface area contributed by atoms with E-state index in [1.165, 1.54) is 0 Å². The quantitative estimate of drug-likeness (QED) is 0.637. The molecule has 0 bridgehead atoms. The number of nitrogens with zero attached hydrogens (tertiary/aromatic N) is 1. The van der Waals surface area contributed by atoms with Crippen molar-refractivity contribution < 1.29 is 19.2 Å². The number of halogens is 1. The molecule has 19 heavy (non-hydrogen) atoms. The first-order valence-electron chi connectivity index (χ1n) is 5.63. The molecule has 1 aliphatic rings. The molecule has 1 aromatic carbocycles. The minimum absolute atomic E-state index is 0.0934. The van der Waals surface area contributed by atoms with Gasteiger partial charge in [-0.2, -0.15) is 0 Å². The third-order valence-corrected chi connectivity index (χ3v) is 3.44. The highest BCUT2D eigenvalue weighted by molar-refractivity contribution is 14.1. The second kappa shape index (κ2) is 6.00. The zero-order valence-corrected chi connectivity index (χ0v) is 12.0. The van der Waals surface area contributed by atoms with Gasteiger partial charge in [0, 0.05) is 22.1 Å². The van der Waals surface area contributed by atoms with Crippen molar-refractivity contribution in [3.8, 4) is 0 Å². The Morgan fingerprint density at radius 1 is 1.26 bits per heavy atom. The number of benzene rings is 1. The summed E-state index contributed by atoms with van der Waals surface area (Å²) < 4.78 is 0.959. The fraction of sp³-hybridized carbons (Fsp3) is 0.250. The monoisotopic (exact) mass is 372 g/mol. The van der Waals surface area contributed by atoms with Gasteiger partial charge in [0.2, 0.25) is 0 Å². The first-order valence-corrected chi connectivity index (χ1v) is 6.71. The van der Waals surface area contributed by atoms with Crippen LogP contribution in [0, 0.1) is 3.57 Å². The average Bonchev–Trinajstić information content (AvgIpc) is 2.70. The van der Waals surface area contributed by atoms with Crippen LogP contribution >= 0.6 is 22.6 Å². The van der Waals surface area contributed by atoms with E-state index in [4.69, 9.17) is 4.84 Å². The Kier molecular flexibility index (Phi) is 4.35. The van der Waals surface area contributed by atoms with Crippen molar-refractivity contribution in [1.29, 1.82) is 0 Å². The number of rotatable bonds is 4. The van der Waals surface area contributed by atoms with Crippen LogP contribution in [0.4, 0.5) is 5.69 Å². The summed E-state index contributed by atoms with van der Waals surface area (Å²) in [5.41, 5.74) is 0.791. The van der Waals surface area contributed by atoms with Crippen LogP contribution < -0.4 is 5.32 Å². The first-order chi connectivity index (χ1) is 9.08. The minimum Gasteiger partial charge on any atom is -0.374 e. The number of amides is 2. The number of carbonyl (C=O) groups is 3. The van der Waals surface area contributed by atoms with Crippen molar-refractivity contribution in [3.63, 3.8) is 0 Å². The standard InChI is InChI=1S/C12H11IN2O4/c13-8-3-1-2-4-9(8)14-7-12(18)19-15-10(16)5-6-11(15)17/h1-4,14H,5-7H2/i13-2. The van der Waals surface area contributed by atoms with Crippen LogP contribution in [0.3, 0.4) is 0 Å². The molecule has 1 heterocycles. The van der Waals surface area contributed by atoms with Crippen molar-refractivity contribution in [2.75, 3.05) is 11.9 Å². The zero-order chi connectivity index (χ0) is 13.8.